The Hall–Kier alpha value is -2.96. The van der Waals surface area contributed by atoms with Gasteiger partial charge in [-0.05, 0) is 42.8 Å². The first-order chi connectivity index (χ1) is 15.8. The molecule has 0 bridgehead atoms. The Morgan fingerprint density at radius 2 is 1.73 bits per heavy atom. The van der Waals surface area contributed by atoms with Gasteiger partial charge >= 0.3 is 0 Å². The van der Waals surface area contributed by atoms with Crippen molar-refractivity contribution < 1.29 is 21.6 Å². The monoisotopic (exact) mass is 489 g/mol. The van der Waals surface area contributed by atoms with Crippen molar-refractivity contribution >= 4 is 42.7 Å². The molecule has 12 heteroatoms. The Morgan fingerprint density at radius 3 is 2.39 bits per heavy atom. The third-order valence-corrected chi connectivity index (χ3v) is 9.87. The third-order valence-electron chi connectivity index (χ3n) is 6.06. The van der Waals surface area contributed by atoms with E-state index in [0.717, 1.165) is 0 Å². The summed E-state index contributed by atoms with van der Waals surface area (Å²) in [6.45, 7) is 1.34. The molecule has 174 valence electrons. The highest BCUT2D eigenvalue weighted by atomic mass is 32.2. The van der Waals surface area contributed by atoms with E-state index >= 15 is 0 Å². The molecule has 0 aliphatic carbocycles. The van der Waals surface area contributed by atoms with Gasteiger partial charge in [-0.3, -0.25) is 9.10 Å². The van der Waals surface area contributed by atoms with Crippen LogP contribution in [0.25, 0.3) is 11.0 Å². The van der Waals surface area contributed by atoms with Crippen molar-refractivity contribution in [2.45, 2.75) is 11.3 Å². The number of anilines is 1. The Kier molecular flexibility index (Phi) is 5.38. The number of carbonyl (C=O) groups is 1. The maximum Gasteiger partial charge on any atom is 0.253 e. The van der Waals surface area contributed by atoms with Crippen molar-refractivity contribution in [2.75, 3.05) is 42.8 Å². The second kappa shape index (κ2) is 8.12. The maximum absolute atomic E-state index is 13.1. The van der Waals surface area contributed by atoms with E-state index in [1.54, 1.807) is 47.5 Å². The van der Waals surface area contributed by atoms with Crippen LogP contribution in [0, 0.1) is 0 Å². The number of rotatable bonds is 4. The maximum atomic E-state index is 13.1. The van der Waals surface area contributed by atoms with Gasteiger partial charge in [0.05, 0.1) is 11.4 Å². The zero-order valence-corrected chi connectivity index (χ0v) is 19.3. The molecule has 33 heavy (non-hydrogen) atoms. The summed E-state index contributed by atoms with van der Waals surface area (Å²) in [6, 6.07) is 9.92. The number of nitrogens with one attached hydrogen (secondary N) is 1. The minimum atomic E-state index is -3.72. The van der Waals surface area contributed by atoms with Crippen molar-refractivity contribution in [3.63, 3.8) is 0 Å². The molecule has 5 rings (SSSR count). The fourth-order valence-corrected chi connectivity index (χ4v) is 7.43. The van der Waals surface area contributed by atoms with Crippen LogP contribution in [0.15, 0.2) is 53.7 Å². The van der Waals surface area contributed by atoms with Gasteiger partial charge in [-0.2, -0.15) is 4.31 Å². The number of hydrogen-bond acceptors (Lipinski definition) is 6. The number of pyridine rings is 1. The molecule has 2 saturated heterocycles. The fraction of sp³-hybridized carbons (Fsp3) is 0.333. The van der Waals surface area contributed by atoms with Gasteiger partial charge in [0.1, 0.15) is 10.5 Å². The van der Waals surface area contributed by atoms with Gasteiger partial charge in [0, 0.05) is 56.1 Å². The Balaban J connectivity index is 1.27. The Morgan fingerprint density at radius 1 is 1.00 bits per heavy atom. The van der Waals surface area contributed by atoms with E-state index in [2.05, 4.69) is 9.97 Å². The second-order valence-corrected chi connectivity index (χ2v) is 12.0. The number of aromatic nitrogens is 2. The first kappa shape index (κ1) is 21.9. The molecule has 1 amide bonds. The summed E-state index contributed by atoms with van der Waals surface area (Å²) in [6.07, 6.45) is 3.63. The van der Waals surface area contributed by atoms with Crippen LogP contribution < -0.4 is 4.31 Å². The molecule has 10 nitrogen and oxygen atoms in total. The van der Waals surface area contributed by atoms with Crippen LogP contribution in [0.1, 0.15) is 16.8 Å². The smallest absolute Gasteiger partial charge is 0.253 e. The van der Waals surface area contributed by atoms with E-state index in [1.165, 1.54) is 14.8 Å². The van der Waals surface area contributed by atoms with E-state index in [9.17, 15) is 21.6 Å². The molecule has 0 spiro atoms. The number of benzene rings is 1. The highest BCUT2D eigenvalue weighted by Crippen LogP contribution is 2.27. The summed E-state index contributed by atoms with van der Waals surface area (Å²) in [7, 11) is -7.00. The van der Waals surface area contributed by atoms with Gasteiger partial charge < -0.3 is 9.88 Å². The molecule has 0 radical (unpaired) electrons. The summed E-state index contributed by atoms with van der Waals surface area (Å²) >= 11 is 0. The number of sulfonamides is 2. The number of aromatic amines is 1. The molecule has 2 aliphatic rings. The lowest BCUT2D eigenvalue weighted by atomic mass is 10.1. The molecule has 2 fully saturated rings. The summed E-state index contributed by atoms with van der Waals surface area (Å²) in [5, 5.41) is 0.538. The van der Waals surface area contributed by atoms with Gasteiger partial charge in [0.25, 0.3) is 5.91 Å². The lowest BCUT2D eigenvalue weighted by Crippen LogP contribution is -2.50. The number of nitrogens with zero attached hydrogens (tertiary/aromatic N) is 4. The highest BCUT2D eigenvalue weighted by Gasteiger charge is 2.32. The predicted molar refractivity (Wildman–Crippen MR) is 123 cm³/mol. The van der Waals surface area contributed by atoms with Gasteiger partial charge in [-0.15, -0.1) is 0 Å². The van der Waals surface area contributed by atoms with E-state index in [1.807, 2.05) is 0 Å². The average Bonchev–Trinajstić information content (AvgIpc) is 3.42. The van der Waals surface area contributed by atoms with Crippen LogP contribution in [-0.4, -0.2) is 80.4 Å². The molecular formula is C21H23N5O5S2. The number of piperazine rings is 1. The first-order valence-corrected chi connectivity index (χ1v) is 13.6. The molecule has 2 aromatic heterocycles. The zero-order chi connectivity index (χ0) is 23.2. The van der Waals surface area contributed by atoms with Crippen LogP contribution in [0.4, 0.5) is 5.69 Å². The van der Waals surface area contributed by atoms with Crippen molar-refractivity contribution in [3.8, 4) is 0 Å². The van der Waals surface area contributed by atoms with Crippen molar-refractivity contribution in [1.82, 2.24) is 19.2 Å². The van der Waals surface area contributed by atoms with Crippen molar-refractivity contribution in [2.24, 2.45) is 0 Å². The van der Waals surface area contributed by atoms with E-state index in [4.69, 9.17) is 0 Å². The second-order valence-electron chi connectivity index (χ2n) is 8.04. The highest BCUT2D eigenvalue weighted by molar-refractivity contribution is 7.93. The minimum Gasteiger partial charge on any atom is -0.345 e. The van der Waals surface area contributed by atoms with Crippen molar-refractivity contribution in [1.29, 1.82) is 0 Å². The zero-order valence-electron chi connectivity index (χ0n) is 17.7. The Bertz CT molecular complexity index is 1410. The molecule has 0 saturated carbocycles. The molecule has 4 heterocycles. The number of amides is 1. The van der Waals surface area contributed by atoms with Crippen LogP contribution in [0.5, 0.6) is 0 Å². The van der Waals surface area contributed by atoms with Crippen LogP contribution >= 0.6 is 0 Å². The molecule has 3 aromatic rings. The molecule has 0 atom stereocenters. The SMILES string of the molecule is O=C(c1ccc(N2CCCS2(=O)=O)cc1)N1CCN(S(=O)(=O)c2c[nH]c3ncccc23)CC1. The third kappa shape index (κ3) is 3.87. The van der Waals surface area contributed by atoms with Gasteiger partial charge in [-0.1, -0.05) is 0 Å². The molecular weight excluding hydrogens is 466 g/mol. The minimum absolute atomic E-state index is 0.135. The molecule has 1 N–H and O–H groups in total. The molecule has 0 unspecified atom stereocenters. The van der Waals surface area contributed by atoms with E-state index < -0.39 is 20.0 Å². The predicted octanol–water partition coefficient (Wildman–Crippen LogP) is 1.25. The number of H-pyrrole nitrogens is 1. The quantitative estimate of drug-likeness (QED) is 0.588. The standard InChI is InChI=1S/C21H23N5O5S2/c27-21(16-4-6-17(7-5-16)26-9-2-14-32(26,28)29)24-10-12-25(13-11-24)33(30,31)19-15-23-20-18(19)3-1-8-22-20/h1,3-8,15H,2,9-14H2,(H,22,23). The van der Waals surface area contributed by atoms with Gasteiger partial charge in [0.15, 0.2) is 0 Å². The van der Waals surface area contributed by atoms with E-state index in [0.29, 0.717) is 35.2 Å². The summed E-state index contributed by atoms with van der Waals surface area (Å²) in [5.41, 5.74) is 1.50. The lowest BCUT2D eigenvalue weighted by molar-refractivity contribution is 0.0698. The topological polar surface area (TPSA) is 124 Å². The van der Waals surface area contributed by atoms with Crippen LogP contribution in [0.2, 0.25) is 0 Å². The summed E-state index contributed by atoms with van der Waals surface area (Å²) in [5.74, 6) is -0.0742. The molecule has 1 aromatic carbocycles. The molecule has 2 aliphatic heterocycles. The van der Waals surface area contributed by atoms with Gasteiger partial charge in [0.2, 0.25) is 20.0 Å². The Labute approximate surface area is 191 Å². The number of fused-ring (bicyclic) bond motifs is 1. The first-order valence-electron chi connectivity index (χ1n) is 10.6. The van der Waals surface area contributed by atoms with E-state index in [-0.39, 0.29) is 42.7 Å². The largest absolute Gasteiger partial charge is 0.345 e. The summed E-state index contributed by atoms with van der Waals surface area (Å²) in [4.78, 5) is 21.8. The van der Waals surface area contributed by atoms with Crippen LogP contribution in [0.3, 0.4) is 0 Å². The number of hydrogen-bond donors (Lipinski definition) is 1. The lowest BCUT2D eigenvalue weighted by Gasteiger charge is -2.34. The summed E-state index contributed by atoms with van der Waals surface area (Å²) < 4.78 is 53.2. The fourth-order valence-electron chi connectivity index (χ4n) is 4.30. The number of carbonyl (C=O) groups excluding carboxylic acids is 1. The van der Waals surface area contributed by atoms with Gasteiger partial charge in [-0.25, -0.2) is 21.8 Å². The van der Waals surface area contributed by atoms with Crippen molar-refractivity contribution in [3.05, 3.63) is 54.4 Å². The average molecular weight is 490 g/mol. The van der Waals surface area contributed by atoms with Crippen LogP contribution in [-0.2, 0) is 20.0 Å². The normalized spacial score (nSPS) is 19.3.